The second-order valence-corrected chi connectivity index (χ2v) is 4.37. The highest BCUT2D eigenvalue weighted by atomic mass is 16.6. The number of non-ortho nitro benzene ring substituents is 1. The number of nitrogens with one attached hydrogen (secondary N) is 2. The number of carbonyl (C=O) groups is 2. The third-order valence-corrected chi connectivity index (χ3v) is 2.84. The molecule has 23 heavy (non-hydrogen) atoms. The SMILES string of the molecule is N#Cc1ccccc1NC(=O)C(=O)Nc1ccc([N+](=O)[O-])cc1. The third kappa shape index (κ3) is 3.89. The number of nitro groups is 1. The van der Waals surface area contributed by atoms with Gasteiger partial charge in [-0.1, -0.05) is 12.1 Å². The monoisotopic (exact) mass is 310 g/mol. The smallest absolute Gasteiger partial charge is 0.314 e. The zero-order chi connectivity index (χ0) is 16.8. The summed E-state index contributed by atoms with van der Waals surface area (Å²) in [6, 6.07) is 13.2. The summed E-state index contributed by atoms with van der Waals surface area (Å²) in [7, 11) is 0. The number of nitriles is 1. The van der Waals surface area contributed by atoms with Crippen LogP contribution in [0.3, 0.4) is 0 Å². The molecule has 0 radical (unpaired) electrons. The van der Waals surface area contributed by atoms with Gasteiger partial charge in [-0.25, -0.2) is 0 Å². The van der Waals surface area contributed by atoms with E-state index >= 15 is 0 Å². The highest BCUT2D eigenvalue weighted by Gasteiger charge is 2.16. The molecule has 8 heteroatoms. The zero-order valence-electron chi connectivity index (χ0n) is 11.6. The van der Waals surface area contributed by atoms with Crippen LogP contribution in [0.5, 0.6) is 0 Å². The Kier molecular flexibility index (Phi) is 4.64. The van der Waals surface area contributed by atoms with Crippen molar-refractivity contribution >= 4 is 28.9 Å². The second kappa shape index (κ2) is 6.82. The van der Waals surface area contributed by atoms with Gasteiger partial charge in [-0.3, -0.25) is 19.7 Å². The number of anilines is 2. The number of amides is 2. The normalized spacial score (nSPS) is 9.52. The summed E-state index contributed by atoms with van der Waals surface area (Å²) in [6.07, 6.45) is 0. The Morgan fingerprint density at radius 3 is 2.22 bits per heavy atom. The van der Waals surface area contributed by atoms with Crippen molar-refractivity contribution in [3.05, 3.63) is 64.2 Å². The first-order valence-electron chi connectivity index (χ1n) is 6.37. The van der Waals surface area contributed by atoms with E-state index < -0.39 is 16.7 Å². The van der Waals surface area contributed by atoms with Crippen molar-refractivity contribution in [2.75, 3.05) is 10.6 Å². The minimum Gasteiger partial charge on any atom is -0.318 e. The van der Waals surface area contributed by atoms with E-state index in [1.165, 1.54) is 36.4 Å². The quantitative estimate of drug-likeness (QED) is 0.510. The fourth-order valence-corrected chi connectivity index (χ4v) is 1.72. The summed E-state index contributed by atoms with van der Waals surface area (Å²) < 4.78 is 0. The fourth-order valence-electron chi connectivity index (χ4n) is 1.72. The molecule has 0 saturated heterocycles. The highest BCUT2D eigenvalue weighted by Crippen LogP contribution is 2.16. The maximum Gasteiger partial charge on any atom is 0.314 e. The summed E-state index contributed by atoms with van der Waals surface area (Å²) in [4.78, 5) is 33.6. The number of carbonyl (C=O) groups excluding carboxylic acids is 2. The van der Waals surface area contributed by atoms with Crippen LogP contribution >= 0.6 is 0 Å². The summed E-state index contributed by atoms with van der Waals surface area (Å²) in [5.74, 6) is -1.90. The molecule has 0 aliphatic carbocycles. The number of para-hydroxylation sites is 1. The average molecular weight is 310 g/mol. The molecule has 0 aliphatic rings. The number of benzene rings is 2. The van der Waals surface area contributed by atoms with Gasteiger partial charge < -0.3 is 10.6 Å². The van der Waals surface area contributed by atoms with Crippen molar-refractivity contribution in [1.82, 2.24) is 0 Å². The zero-order valence-corrected chi connectivity index (χ0v) is 11.6. The molecule has 2 amide bonds. The number of nitrogens with zero attached hydrogens (tertiary/aromatic N) is 2. The van der Waals surface area contributed by atoms with Crippen molar-refractivity contribution in [1.29, 1.82) is 5.26 Å². The number of hydrogen-bond acceptors (Lipinski definition) is 5. The maximum absolute atomic E-state index is 11.8. The van der Waals surface area contributed by atoms with Gasteiger partial charge in [-0.15, -0.1) is 0 Å². The summed E-state index contributed by atoms with van der Waals surface area (Å²) in [5, 5.41) is 24.1. The molecule has 0 spiro atoms. The number of nitro benzene ring substituents is 1. The molecule has 8 nitrogen and oxygen atoms in total. The minimum atomic E-state index is -0.953. The Balaban J connectivity index is 2.04. The van der Waals surface area contributed by atoms with Crippen LogP contribution in [0, 0.1) is 21.4 Å². The van der Waals surface area contributed by atoms with Gasteiger partial charge in [0.05, 0.1) is 16.2 Å². The first kappa shape index (κ1) is 15.7. The van der Waals surface area contributed by atoms with Gasteiger partial charge in [0, 0.05) is 17.8 Å². The Bertz CT molecular complexity index is 809. The van der Waals surface area contributed by atoms with E-state index in [-0.39, 0.29) is 22.6 Å². The lowest BCUT2D eigenvalue weighted by molar-refractivity contribution is -0.384. The van der Waals surface area contributed by atoms with Crippen LogP contribution in [0.1, 0.15) is 5.56 Å². The molecule has 2 rings (SSSR count). The second-order valence-electron chi connectivity index (χ2n) is 4.37. The molecule has 114 valence electrons. The molecule has 2 aromatic carbocycles. The van der Waals surface area contributed by atoms with Gasteiger partial charge >= 0.3 is 11.8 Å². The fraction of sp³-hybridized carbons (Fsp3) is 0. The lowest BCUT2D eigenvalue weighted by Gasteiger charge is -2.07. The highest BCUT2D eigenvalue weighted by molar-refractivity contribution is 6.43. The Morgan fingerprint density at radius 2 is 1.61 bits per heavy atom. The van der Waals surface area contributed by atoms with Crippen LogP contribution < -0.4 is 10.6 Å². The van der Waals surface area contributed by atoms with E-state index in [4.69, 9.17) is 5.26 Å². The Hall–Kier alpha value is -3.73. The first-order chi connectivity index (χ1) is 11.0. The van der Waals surface area contributed by atoms with Crippen LogP contribution in [0.4, 0.5) is 17.1 Å². The molecule has 2 N–H and O–H groups in total. The summed E-state index contributed by atoms with van der Waals surface area (Å²) >= 11 is 0. The molecule has 0 aromatic heterocycles. The molecule has 0 saturated carbocycles. The Morgan fingerprint density at radius 1 is 1.00 bits per heavy atom. The predicted octanol–water partition coefficient (Wildman–Crippen LogP) is 2.04. The summed E-state index contributed by atoms with van der Waals surface area (Å²) in [6.45, 7) is 0. The first-order valence-corrected chi connectivity index (χ1v) is 6.37. The molecule has 0 aliphatic heterocycles. The van der Waals surface area contributed by atoms with E-state index in [2.05, 4.69) is 10.6 Å². The molecular weight excluding hydrogens is 300 g/mol. The van der Waals surface area contributed by atoms with Gasteiger partial charge in [-0.05, 0) is 24.3 Å². The van der Waals surface area contributed by atoms with Crippen molar-refractivity contribution in [3.63, 3.8) is 0 Å². The van der Waals surface area contributed by atoms with Crippen molar-refractivity contribution < 1.29 is 14.5 Å². The van der Waals surface area contributed by atoms with E-state index in [1.54, 1.807) is 12.1 Å². The van der Waals surface area contributed by atoms with Gasteiger partial charge in [0.25, 0.3) is 5.69 Å². The van der Waals surface area contributed by atoms with E-state index in [0.717, 1.165) is 0 Å². The van der Waals surface area contributed by atoms with Crippen LogP contribution in [0.2, 0.25) is 0 Å². The number of rotatable bonds is 3. The standard InChI is InChI=1S/C15H10N4O4/c16-9-10-3-1-2-4-13(10)18-15(21)14(20)17-11-5-7-12(8-6-11)19(22)23/h1-8H,(H,17,20)(H,18,21). The average Bonchev–Trinajstić information content (AvgIpc) is 2.55. The lowest BCUT2D eigenvalue weighted by Crippen LogP contribution is -2.29. The van der Waals surface area contributed by atoms with Crippen LogP contribution in [0.25, 0.3) is 0 Å². The minimum absolute atomic E-state index is 0.129. The molecule has 0 heterocycles. The van der Waals surface area contributed by atoms with Gasteiger partial charge in [0.2, 0.25) is 0 Å². The van der Waals surface area contributed by atoms with E-state index in [9.17, 15) is 19.7 Å². The van der Waals surface area contributed by atoms with E-state index in [1.807, 2.05) is 6.07 Å². The predicted molar refractivity (Wildman–Crippen MR) is 81.5 cm³/mol. The van der Waals surface area contributed by atoms with Crippen molar-refractivity contribution in [3.8, 4) is 6.07 Å². The summed E-state index contributed by atoms with van der Waals surface area (Å²) in [5.41, 5.74) is 0.558. The van der Waals surface area contributed by atoms with Gasteiger partial charge in [0.15, 0.2) is 0 Å². The Labute approximate surface area is 130 Å². The topological polar surface area (TPSA) is 125 Å². The van der Waals surface area contributed by atoms with E-state index in [0.29, 0.717) is 0 Å². The molecule has 0 bridgehead atoms. The van der Waals surface area contributed by atoms with Crippen molar-refractivity contribution in [2.24, 2.45) is 0 Å². The third-order valence-electron chi connectivity index (χ3n) is 2.84. The largest absolute Gasteiger partial charge is 0.318 e. The molecule has 0 atom stereocenters. The molecule has 2 aromatic rings. The van der Waals surface area contributed by atoms with Crippen molar-refractivity contribution in [2.45, 2.75) is 0 Å². The maximum atomic E-state index is 11.8. The van der Waals surface area contributed by atoms with Crippen LogP contribution in [-0.2, 0) is 9.59 Å². The number of hydrogen-bond donors (Lipinski definition) is 2. The van der Waals surface area contributed by atoms with Gasteiger partial charge in [-0.2, -0.15) is 5.26 Å². The molecule has 0 fully saturated rings. The van der Waals surface area contributed by atoms with Gasteiger partial charge in [0.1, 0.15) is 6.07 Å². The van der Waals surface area contributed by atoms with Crippen LogP contribution in [-0.4, -0.2) is 16.7 Å². The molecular formula is C15H10N4O4. The lowest BCUT2D eigenvalue weighted by atomic mass is 10.2. The van der Waals surface area contributed by atoms with Crippen LogP contribution in [0.15, 0.2) is 48.5 Å². The molecule has 0 unspecified atom stereocenters.